The fraction of sp³-hybridized carbons (Fsp3) is 1.00. The molecule has 1 heterocycles. The van der Waals surface area contributed by atoms with Crippen LogP contribution in [0.4, 0.5) is 0 Å². The van der Waals surface area contributed by atoms with Gasteiger partial charge in [0.2, 0.25) is 0 Å². The van der Waals surface area contributed by atoms with Gasteiger partial charge >= 0.3 is 0 Å². The van der Waals surface area contributed by atoms with Gasteiger partial charge in [-0.05, 0) is 46.1 Å². The zero-order chi connectivity index (χ0) is 9.84. The van der Waals surface area contributed by atoms with E-state index in [1.165, 1.54) is 19.3 Å². The second-order valence-corrected chi connectivity index (χ2v) is 4.29. The highest BCUT2D eigenvalue weighted by molar-refractivity contribution is 4.81. The summed E-state index contributed by atoms with van der Waals surface area (Å²) in [7, 11) is 2.07. The van der Waals surface area contributed by atoms with Gasteiger partial charge in [0.05, 0.1) is 12.2 Å². The van der Waals surface area contributed by atoms with Gasteiger partial charge in [-0.2, -0.15) is 0 Å². The molecule has 1 saturated heterocycles. The lowest BCUT2D eigenvalue weighted by atomic mass is 9.85. The van der Waals surface area contributed by atoms with Gasteiger partial charge in [-0.15, -0.1) is 0 Å². The van der Waals surface area contributed by atoms with Crippen molar-refractivity contribution < 1.29 is 4.74 Å². The van der Waals surface area contributed by atoms with Crippen molar-refractivity contribution in [3.63, 3.8) is 0 Å². The van der Waals surface area contributed by atoms with Crippen molar-refractivity contribution in [2.24, 2.45) is 5.92 Å². The average molecular weight is 185 g/mol. The molecule has 0 radical (unpaired) electrons. The maximum Gasteiger partial charge on any atom is 0.0553 e. The summed E-state index contributed by atoms with van der Waals surface area (Å²) in [5.74, 6) is 0.800. The minimum Gasteiger partial charge on any atom is -0.376 e. The third kappa shape index (κ3) is 2.96. The summed E-state index contributed by atoms with van der Waals surface area (Å²) in [6, 6.07) is 0.675. The molecular formula is C11H23NO. The van der Waals surface area contributed by atoms with E-state index >= 15 is 0 Å². The minimum absolute atomic E-state index is 0.441. The van der Waals surface area contributed by atoms with Crippen LogP contribution >= 0.6 is 0 Å². The maximum absolute atomic E-state index is 5.73. The fourth-order valence-corrected chi connectivity index (χ4v) is 2.56. The van der Waals surface area contributed by atoms with E-state index in [-0.39, 0.29) is 0 Å². The summed E-state index contributed by atoms with van der Waals surface area (Å²) >= 11 is 0. The van der Waals surface area contributed by atoms with Gasteiger partial charge in [0.15, 0.2) is 0 Å². The highest BCUT2D eigenvalue weighted by Crippen LogP contribution is 2.28. The molecule has 3 atom stereocenters. The molecule has 0 saturated carbocycles. The lowest BCUT2D eigenvalue weighted by Gasteiger charge is -2.36. The van der Waals surface area contributed by atoms with Crippen LogP contribution in [0.1, 0.15) is 40.0 Å². The van der Waals surface area contributed by atoms with Gasteiger partial charge in [0, 0.05) is 6.04 Å². The summed E-state index contributed by atoms with van der Waals surface area (Å²) < 4.78 is 5.73. The monoisotopic (exact) mass is 185 g/mol. The van der Waals surface area contributed by atoms with Gasteiger partial charge in [-0.3, -0.25) is 0 Å². The minimum atomic E-state index is 0.441. The molecule has 1 N–H and O–H groups in total. The smallest absolute Gasteiger partial charge is 0.0553 e. The van der Waals surface area contributed by atoms with Crippen LogP contribution in [0.2, 0.25) is 0 Å². The third-order valence-electron chi connectivity index (χ3n) is 3.11. The molecule has 3 unspecified atom stereocenters. The van der Waals surface area contributed by atoms with Gasteiger partial charge in [-0.1, -0.05) is 6.92 Å². The molecule has 1 aliphatic heterocycles. The molecule has 0 amide bonds. The van der Waals surface area contributed by atoms with Crippen LogP contribution in [0.5, 0.6) is 0 Å². The highest BCUT2D eigenvalue weighted by Gasteiger charge is 2.28. The Morgan fingerprint density at radius 2 is 1.85 bits per heavy atom. The zero-order valence-electron chi connectivity index (χ0n) is 9.34. The Bertz CT molecular complexity index is 135. The quantitative estimate of drug-likeness (QED) is 0.727. The van der Waals surface area contributed by atoms with Crippen molar-refractivity contribution in [1.29, 1.82) is 0 Å². The molecular weight excluding hydrogens is 162 g/mol. The summed E-state index contributed by atoms with van der Waals surface area (Å²) in [6.07, 6.45) is 4.53. The van der Waals surface area contributed by atoms with Gasteiger partial charge in [0.1, 0.15) is 0 Å². The number of rotatable bonds is 3. The van der Waals surface area contributed by atoms with E-state index in [0.29, 0.717) is 18.2 Å². The van der Waals surface area contributed by atoms with Crippen molar-refractivity contribution in [1.82, 2.24) is 5.32 Å². The second kappa shape index (κ2) is 4.97. The van der Waals surface area contributed by atoms with E-state index in [4.69, 9.17) is 4.74 Å². The van der Waals surface area contributed by atoms with Gasteiger partial charge in [-0.25, -0.2) is 0 Å². The molecule has 2 nitrogen and oxygen atoms in total. The van der Waals surface area contributed by atoms with Gasteiger partial charge < -0.3 is 10.1 Å². The molecule has 78 valence electrons. The summed E-state index contributed by atoms with van der Waals surface area (Å²) in [5, 5.41) is 3.41. The van der Waals surface area contributed by atoms with Crippen molar-refractivity contribution in [2.45, 2.75) is 58.3 Å². The Morgan fingerprint density at radius 3 is 2.23 bits per heavy atom. The number of nitrogens with one attached hydrogen (secondary N) is 1. The number of ether oxygens (including phenoxy) is 1. The van der Waals surface area contributed by atoms with Crippen LogP contribution in [0, 0.1) is 5.92 Å². The SMILES string of the molecule is CCC(NC)C1CC(C)OC(C)C1. The van der Waals surface area contributed by atoms with Crippen molar-refractivity contribution in [3.8, 4) is 0 Å². The summed E-state index contributed by atoms with van der Waals surface area (Å²) in [5.41, 5.74) is 0. The molecule has 1 rings (SSSR count). The molecule has 0 aliphatic carbocycles. The molecule has 0 spiro atoms. The lowest BCUT2D eigenvalue weighted by Crippen LogP contribution is -2.40. The molecule has 0 aromatic carbocycles. The summed E-state index contributed by atoms with van der Waals surface area (Å²) in [6.45, 7) is 6.63. The van der Waals surface area contributed by atoms with E-state index in [0.717, 1.165) is 5.92 Å². The van der Waals surface area contributed by atoms with Crippen LogP contribution in [0.3, 0.4) is 0 Å². The first kappa shape index (κ1) is 11.0. The first-order chi connectivity index (χ1) is 6.17. The third-order valence-corrected chi connectivity index (χ3v) is 3.11. The van der Waals surface area contributed by atoms with Crippen molar-refractivity contribution >= 4 is 0 Å². The average Bonchev–Trinajstić information content (AvgIpc) is 2.04. The van der Waals surface area contributed by atoms with E-state index in [1.54, 1.807) is 0 Å². The molecule has 2 heteroatoms. The molecule has 1 aliphatic rings. The van der Waals surface area contributed by atoms with E-state index in [1.807, 2.05) is 0 Å². The van der Waals surface area contributed by atoms with Crippen LogP contribution < -0.4 is 5.32 Å². The standard InChI is InChI=1S/C11H23NO/c1-5-11(12-4)10-6-8(2)13-9(3)7-10/h8-12H,5-7H2,1-4H3. The summed E-state index contributed by atoms with van der Waals surface area (Å²) in [4.78, 5) is 0. The molecule has 1 fully saturated rings. The second-order valence-electron chi connectivity index (χ2n) is 4.29. The molecule has 0 bridgehead atoms. The van der Waals surface area contributed by atoms with Crippen molar-refractivity contribution in [2.75, 3.05) is 7.05 Å². The normalized spacial score (nSPS) is 37.4. The van der Waals surface area contributed by atoms with E-state index in [2.05, 4.69) is 33.1 Å². The molecule has 0 aromatic heterocycles. The molecule has 13 heavy (non-hydrogen) atoms. The maximum atomic E-state index is 5.73. The number of hydrogen-bond donors (Lipinski definition) is 1. The lowest BCUT2D eigenvalue weighted by molar-refractivity contribution is -0.0586. The van der Waals surface area contributed by atoms with Crippen LogP contribution in [0.25, 0.3) is 0 Å². The Hall–Kier alpha value is -0.0800. The zero-order valence-corrected chi connectivity index (χ0v) is 9.34. The van der Waals surface area contributed by atoms with Crippen LogP contribution in [-0.2, 0) is 4.74 Å². The Kier molecular flexibility index (Phi) is 4.20. The fourth-order valence-electron chi connectivity index (χ4n) is 2.56. The largest absolute Gasteiger partial charge is 0.376 e. The number of hydrogen-bond acceptors (Lipinski definition) is 2. The highest BCUT2D eigenvalue weighted by atomic mass is 16.5. The van der Waals surface area contributed by atoms with Crippen LogP contribution in [0.15, 0.2) is 0 Å². The predicted molar refractivity (Wildman–Crippen MR) is 55.9 cm³/mol. The molecule has 0 aromatic rings. The van der Waals surface area contributed by atoms with Gasteiger partial charge in [0.25, 0.3) is 0 Å². The Labute approximate surface area is 82.0 Å². The van der Waals surface area contributed by atoms with E-state index < -0.39 is 0 Å². The first-order valence-corrected chi connectivity index (χ1v) is 5.50. The Morgan fingerprint density at radius 1 is 1.31 bits per heavy atom. The van der Waals surface area contributed by atoms with E-state index in [9.17, 15) is 0 Å². The first-order valence-electron chi connectivity index (χ1n) is 5.50. The van der Waals surface area contributed by atoms with Crippen LogP contribution in [-0.4, -0.2) is 25.3 Å². The Balaban J connectivity index is 2.48. The predicted octanol–water partition coefficient (Wildman–Crippen LogP) is 2.19. The van der Waals surface area contributed by atoms with Crippen molar-refractivity contribution in [3.05, 3.63) is 0 Å². The topological polar surface area (TPSA) is 21.3 Å².